The molecule has 3 heterocycles. The minimum Gasteiger partial charge on any atom is -0.314 e. The SMILES string of the molecule is Cl.Cl.Cl.Cn1cc(N2CCCC(N3CCNCC3)C2=O)cn1. The maximum Gasteiger partial charge on any atom is 0.244 e. The maximum atomic E-state index is 12.7. The van der Waals surface area contributed by atoms with E-state index in [0.717, 1.165) is 51.3 Å². The first kappa shape index (κ1) is 21.5. The molecule has 3 rings (SSSR count). The van der Waals surface area contributed by atoms with Gasteiger partial charge >= 0.3 is 0 Å². The zero-order valence-corrected chi connectivity index (χ0v) is 15.1. The van der Waals surface area contributed by atoms with E-state index in [1.807, 2.05) is 18.1 Å². The first-order chi connectivity index (χ1) is 9.25. The third kappa shape index (κ3) is 4.49. The summed E-state index contributed by atoms with van der Waals surface area (Å²) in [5.41, 5.74) is 0.923. The van der Waals surface area contributed by atoms with Crippen LogP contribution in [0.4, 0.5) is 5.69 Å². The topological polar surface area (TPSA) is 53.4 Å². The molecule has 2 aliphatic rings. The van der Waals surface area contributed by atoms with Crippen LogP contribution < -0.4 is 10.2 Å². The summed E-state index contributed by atoms with van der Waals surface area (Å²) >= 11 is 0. The molecule has 0 radical (unpaired) electrons. The van der Waals surface area contributed by atoms with E-state index < -0.39 is 0 Å². The Morgan fingerprint density at radius 3 is 2.45 bits per heavy atom. The normalized spacial score (nSPS) is 22.3. The van der Waals surface area contributed by atoms with Crippen molar-refractivity contribution in [1.29, 1.82) is 0 Å². The summed E-state index contributed by atoms with van der Waals surface area (Å²) in [4.78, 5) is 16.9. The van der Waals surface area contributed by atoms with E-state index in [1.54, 1.807) is 10.9 Å². The van der Waals surface area contributed by atoms with Crippen molar-refractivity contribution in [2.75, 3.05) is 37.6 Å². The van der Waals surface area contributed by atoms with Gasteiger partial charge in [0.05, 0.1) is 17.9 Å². The van der Waals surface area contributed by atoms with Crippen LogP contribution in [0.5, 0.6) is 0 Å². The quantitative estimate of drug-likeness (QED) is 0.844. The second kappa shape index (κ2) is 9.57. The first-order valence-electron chi connectivity index (χ1n) is 7.00. The molecule has 0 aliphatic carbocycles. The van der Waals surface area contributed by atoms with Crippen LogP contribution in [0.1, 0.15) is 12.8 Å². The highest BCUT2D eigenvalue weighted by atomic mass is 35.5. The van der Waals surface area contributed by atoms with Gasteiger partial charge in [-0.3, -0.25) is 14.4 Å². The van der Waals surface area contributed by atoms with Crippen LogP contribution in [0.3, 0.4) is 0 Å². The Bertz CT molecular complexity index is 464. The van der Waals surface area contributed by atoms with Crippen LogP contribution in [-0.2, 0) is 11.8 Å². The molecule has 6 nitrogen and oxygen atoms in total. The zero-order valence-electron chi connectivity index (χ0n) is 12.6. The van der Waals surface area contributed by atoms with Crippen LogP contribution >= 0.6 is 37.2 Å². The van der Waals surface area contributed by atoms with Crippen molar-refractivity contribution < 1.29 is 4.79 Å². The highest BCUT2D eigenvalue weighted by Crippen LogP contribution is 2.23. The number of anilines is 1. The number of aryl methyl sites for hydroxylation is 1. The number of hydrogen-bond donors (Lipinski definition) is 1. The Morgan fingerprint density at radius 1 is 1.18 bits per heavy atom. The van der Waals surface area contributed by atoms with E-state index in [1.165, 1.54) is 0 Å². The lowest BCUT2D eigenvalue weighted by molar-refractivity contribution is -0.125. The van der Waals surface area contributed by atoms with E-state index in [0.29, 0.717) is 0 Å². The Morgan fingerprint density at radius 2 is 1.86 bits per heavy atom. The molecule has 1 unspecified atom stereocenters. The van der Waals surface area contributed by atoms with Gasteiger partial charge < -0.3 is 10.2 Å². The molecule has 9 heteroatoms. The van der Waals surface area contributed by atoms with Gasteiger partial charge in [0.15, 0.2) is 0 Å². The van der Waals surface area contributed by atoms with E-state index in [4.69, 9.17) is 0 Å². The molecule has 1 atom stereocenters. The van der Waals surface area contributed by atoms with Gasteiger partial charge in [-0.05, 0) is 12.8 Å². The smallest absolute Gasteiger partial charge is 0.244 e. The molecule has 0 spiro atoms. The monoisotopic (exact) mass is 371 g/mol. The van der Waals surface area contributed by atoms with Gasteiger partial charge in [0.1, 0.15) is 0 Å². The number of nitrogens with one attached hydrogen (secondary N) is 1. The number of piperidine rings is 1. The highest BCUT2D eigenvalue weighted by molar-refractivity contribution is 5.97. The van der Waals surface area contributed by atoms with Gasteiger partial charge in [-0.2, -0.15) is 5.10 Å². The van der Waals surface area contributed by atoms with Gasteiger partial charge in [-0.25, -0.2) is 0 Å². The number of aromatic nitrogens is 2. The van der Waals surface area contributed by atoms with Crippen LogP contribution in [-0.4, -0.2) is 59.4 Å². The molecule has 1 aromatic rings. The van der Waals surface area contributed by atoms with Crippen LogP contribution in [0, 0.1) is 0 Å². The molecule has 0 saturated carbocycles. The summed E-state index contributed by atoms with van der Waals surface area (Å²) in [6, 6.07) is 0.0519. The van der Waals surface area contributed by atoms with Crippen molar-refractivity contribution in [3.8, 4) is 0 Å². The molecule has 2 saturated heterocycles. The van der Waals surface area contributed by atoms with Crippen molar-refractivity contribution in [3.05, 3.63) is 12.4 Å². The number of carbonyl (C=O) groups excluding carboxylic acids is 1. The summed E-state index contributed by atoms with van der Waals surface area (Å²) in [6.45, 7) is 4.72. The van der Waals surface area contributed by atoms with Gasteiger partial charge in [-0.15, -0.1) is 37.2 Å². The summed E-state index contributed by atoms with van der Waals surface area (Å²) in [6.07, 6.45) is 5.74. The van der Waals surface area contributed by atoms with E-state index >= 15 is 0 Å². The van der Waals surface area contributed by atoms with E-state index in [-0.39, 0.29) is 49.2 Å². The van der Waals surface area contributed by atoms with Crippen molar-refractivity contribution >= 4 is 48.8 Å². The Labute approximate surface area is 149 Å². The third-order valence-electron chi connectivity index (χ3n) is 4.01. The first-order valence-corrected chi connectivity index (χ1v) is 7.00. The summed E-state index contributed by atoms with van der Waals surface area (Å²) < 4.78 is 1.75. The molecule has 1 aromatic heterocycles. The van der Waals surface area contributed by atoms with Crippen molar-refractivity contribution in [1.82, 2.24) is 20.0 Å². The maximum absolute atomic E-state index is 12.7. The van der Waals surface area contributed by atoms with Crippen molar-refractivity contribution in [3.63, 3.8) is 0 Å². The third-order valence-corrected chi connectivity index (χ3v) is 4.01. The summed E-state index contributed by atoms with van der Waals surface area (Å²) in [5, 5.41) is 7.50. The largest absolute Gasteiger partial charge is 0.314 e. The number of carbonyl (C=O) groups is 1. The van der Waals surface area contributed by atoms with Gasteiger partial charge in [0, 0.05) is 46.0 Å². The molecule has 1 amide bonds. The highest BCUT2D eigenvalue weighted by Gasteiger charge is 2.34. The number of hydrogen-bond acceptors (Lipinski definition) is 4. The lowest BCUT2D eigenvalue weighted by Gasteiger charge is -2.39. The fraction of sp³-hybridized carbons (Fsp3) is 0.692. The van der Waals surface area contributed by atoms with Gasteiger partial charge in [0.25, 0.3) is 0 Å². The molecule has 0 aromatic carbocycles. The lowest BCUT2D eigenvalue weighted by Crippen LogP contribution is -2.57. The molecular weight excluding hydrogens is 349 g/mol. The summed E-state index contributed by atoms with van der Waals surface area (Å²) in [7, 11) is 1.88. The van der Waals surface area contributed by atoms with Crippen LogP contribution in [0.15, 0.2) is 12.4 Å². The van der Waals surface area contributed by atoms with Gasteiger partial charge in [-0.1, -0.05) is 0 Å². The Kier molecular flexibility index (Phi) is 9.34. The summed E-state index contributed by atoms with van der Waals surface area (Å²) in [5.74, 6) is 0.237. The number of piperazine rings is 1. The molecule has 22 heavy (non-hydrogen) atoms. The number of rotatable bonds is 2. The van der Waals surface area contributed by atoms with E-state index in [9.17, 15) is 4.79 Å². The Balaban J connectivity index is 0.00000147. The van der Waals surface area contributed by atoms with Crippen LogP contribution in [0.25, 0.3) is 0 Å². The molecule has 2 fully saturated rings. The molecule has 0 bridgehead atoms. The molecule has 2 aliphatic heterocycles. The molecule has 1 N–H and O–H groups in total. The number of nitrogens with zero attached hydrogens (tertiary/aromatic N) is 4. The standard InChI is InChI=1S/C13H21N5O.3ClH/c1-16-10-11(9-15-16)18-6-2-3-12(13(18)19)17-7-4-14-5-8-17;;;/h9-10,12,14H,2-8H2,1H3;3*1H. The second-order valence-electron chi connectivity index (χ2n) is 5.31. The minimum atomic E-state index is 0. The molecule has 128 valence electrons. The predicted molar refractivity (Wildman–Crippen MR) is 94.8 cm³/mol. The second-order valence-corrected chi connectivity index (χ2v) is 5.31. The van der Waals surface area contributed by atoms with E-state index in [2.05, 4.69) is 15.3 Å². The van der Waals surface area contributed by atoms with Crippen molar-refractivity contribution in [2.45, 2.75) is 18.9 Å². The predicted octanol–water partition coefficient (Wildman–Crippen LogP) is 1.09. The average Bonchev–Trinajstić information content (AvgIpc) is 2.86. The van der Waals surface area contributed by atoms with Gasteiger partial charge in [0.2, 0.25) is 5.91 Å². The number of halogens is 3. The minimum absolute atomic E-state index is 0. The lowest BCUT2D eigenvalue weighted by atomic mass is 10.0. The fourth-order valence-electron chi connectivity index (χ4n) is 2.99. The fourth-order valence-corrected chi connectivity index (χ4v) is 2.99. The Hall–Kier alpha value is -0.530. The van der Waals surface area contributed by atoms with Crippen LogP contribution in [0.2, 0.25) is 0 Å². The zero-order chi connectivity index (χ0) is 13.2. The molecular formula is C13H24Cl3N5O. The van der Waals surface area contributed by atoms with Crippen molar-refractivity contribution in [2.24, 2.45) is 7.05 Å². The average molecular weight is 373 g/mol. The number of amides is 1.